The topological polar surface area (TPSA) is 50.1 Å². The molecule has 0 bridgehead atoms. The minimum absolute atomic E-state index is 0.220. The van der Waals surface area contributed by atoms with Gasteiger partial charge in [-0.1, -0.05) is 18.2 Å². The predicted molar refractivity (Wildman–Crippen MR) is 67.8 cm³/mol. The summed E-state index contributed by atoms with van der Waals surface area (Å²) in [4.78, 5) is 0. The molecule has 0 saturated heterocycles. The minimum atomic E-state index is -0.895. The van der Waals surface area contributed by atoms with E-state index in [2.05, 4.69) is 10.4 Å². The van der Waals surface area contributed by atoms with Gasteiger partial charge in [0.1, 0.15) is 11.6 Å². The Bertz CT molecular complexity index is 519. The number of aromatic nitrogens is 2. The van der Waals surface area contributed by atoms with Gasteiger partial charge in [0.15, 0.2) is 0 Å². The van der Waals surface area contributed by atoms with Crippen molar-refractivity contribution >= 4 is 5.82 Å². The molecule has 0 spiro atoms. The zero-order chi connectivity index (χ0) is 13.1. The van der Waals surface area contributed by atoms with E-state index in [9.17, 15) is 9.50 Å². The van der Waals surface area contributed by atoms with Crippen molar-refractivity contribution in [2.24, 2.45) is 7.05 Å². The lowest BCUT2D eigenvalue weighted by atomic mass is 10.1. The smallest absolute Gasteiger partial charge is 0.148 e. The highest BCUT2D eigenvalue weighted by Gasteiger charge is 2.12. The van der Waals surface area contributed by atoms with Crippen LogP contribution in [0.5, 0.6) is 0 Å². The van der Waals surface area contributed by atoms with E-state index in [1.54, 1.807) is 22.9 Å². The molecule has 0 saturated carbocycles. The van der Waals surface area contributed by atoms with E-state index in [-0.39, 0.29) is 12.1 Å². The molecule has 4 nitrogen and oxygen atoms in total. The lowest BCUT2D eigenvalue weighted by Crippen LogP contribution is -2.13. The van der Waals surface area contributed by atoms with Gasteiger partial charge in [-0.25, -0.2) is 4.39 Å². The van der Waals surface area contributed by atoms with Crippen LogP contribution in [0.25, 0.3) is 0 Å². The molecular formula is C13H16FN3O. The van der Waals surface area contributed by atoms with E-state index in [1.807, 2.05) is 20.0 Å². The molecule has 0 fully saturated rings. The van der Waals surface area contributed by atoms with Crippen LogP contribution in [-0.2, 0) is 7.05 Å². The molecule has 96 valence electrons. The number of aryl methyl sites for hydroxylation is 2. The Kier molecular flexibility index (Phi) is 3.62. The number of benzene rings is 1. The summed E-state index contributed by atoms with van der Waals surface area (Å²) in [6.07, 6.45) is -0.895. The van der Waals surface area contributed by atoms with Gasteiger partial charge in [0.05, 0.1) is 6.10 Å². The van der Waals surface area contributed by atoms with Gasteiger partial charge in [0, 0.05) is 30.9 Å². The fourth-order valence-corrected chi connectivity index (χ4v) is 1.70. The second-order valence-corrected chi connectivity index (χ2v) is 4.21. The number of aliphatic hydroxyl groups excluding tert-OH is 1. The Morgan fingerprint density at radius 2 is 2.17 bits per heavy atom. The zero-order valence-corrected chi connectivity index (χ0v) is 10.4. The molecular weight excluding hydrogens is 233 g/mol. The minimum Gasteiger partial charge on any atom is -0.386 e. The van der Waals surface area contributed by atoms with Gasteiger partial charge in [-0.15, -0.1) is 0 Å². The normalized spacial score (nSPS) is 12.4. The number of nitrogens with zero attached hydrogens (tertiary/aromatic N) is 2. The summed E-state index contributed by atoms with van der Waals surface area (Å²) >= 11 is 0. The highest BCUT2D eigenvalue weighted by molar-refractivity contribution is 5.36. The van der Waals surface area contributed by atoms with Gasteiger partial charge in [-0.2, -0.15) is 5.10 Å². The van der Waals surface area contributed by atoms with Crippen molar-refractivity contribution in [3.8, 4) is 0 Å². The maximum absolute atomic E-state index is 13.4. The molecule has 2 aromatic rings. The summed E-state index contributed by atoms with van der Waals surface area (Å²) in [5, 5.41) is 17.1. The Morgan fingerprint density at radius 1 is 1.44 bits per heavy atom. The van der Waals surface area contributed by atoms with Crippen molar-refractivity contribution in [1.82, 2.24) is 9.78 Å². The Balaban J connectivity index is 2.00. The van der Waals surface area contributed by atoms with Crippen LogP contribution < -0.4 is 5.32 Å². The van der Waals surface area contributed by atoms with Crippen molar-refractivity contribution in [2.75, 3.05) is 11.9 Å². The molecule has 0 aliphatic carbocycles. The van der Waals surface area contributed by atoms with Crippen molar-refractivity contribution in [2.45, 2.75) is 13.0 Å². The largest absolute Gasteiger partial charge is 0.386 e. The van der Waals surface area contributed by atoms with Crippen LogP contribution in [0.2, 0.25) is 0 Å². The molecule has 0 radical (unpaired) electrons. The van der Waals surface area contributed by atoms with Crippen molar-refractivity contribution in [3.63, 3.8) is 0 Å². The molecule has 18 heavy (non-hydrogen) atoms. The van der Waals surface area contributed by atoms with E-state index in [0.717, 1.165) is 5.69 Å². The zero-order valence-electron chi connectivity index (χ0n) is 10.4. The Hall–Kier alpha value is -1.88. The SMILES string of the molecule is Cc1cc(NCC(O)c2ccccc2F)nn1C. The van der Waals surface area contributed by atoms with Gasteiger partial charge < -0.3 is 10.4 Å². The Morgan fingerprint density at radius 3 is 2.78 bits per heavy atom. The van der Waals surface area contributed by atoms with Crippen LogP contribution in [0.4, 0.5) is 10.2 Å². The maximum atomic E-state index is 13.4. The summed E-state index contributed by atoms with van der Waals surface area (Å²) in [6, 6.07) is 8.08. The molecule has 1 heterocycles. The first-order chi connectivity index (χ1) is 8.58. The monoisotopic (exact) mass is 249 g/mol. The van der Waals surface area contributed by atoms with Crippen LogP contribution in [-0.4, -0.2) is 21.4 Å². The number of rotatable bonds is 4. The average molecular weight is 249 g/mol. The molecule has 5 heteroatoms. The molecule has 1 unspecified atom stereocenters. The number of hydrogen-bond donors (Lipinski definition) is 2. The summed E-state index contributed by atoms with van der Waals surface area (Å²) in [5.74, 6) is 0.273. The van der Waals surface area contributed by atoms with Gasteiger partial charge in [-0.05, 0) is 13.0 Å². The first kappa shape index (κ1) is 12.6. The molecule has 0 aliphatic heterocycles. The highest BCUT2D eigenvalue weighted by Crippen LogP contribution is 2.17. The summed E-state index contributed by atoms with van der Waals surface area (Å²) < 4.78 is 15.2. The number of hydrogen-bond acceptors (Lipinski definition) is 3. The molecule has 1 aromatic carbocycles. The number of nitrogens with one attached hydrogen (secondary N) is 1. The van der Waals surface area contributed by atoms with Crippen LogP contribution >= 0.6 is 0 Å². The van der Waals surface area contributed by atoms with E-state index < -0.39 is 11.9 Å². The first-order valence-electron chi connectivity index (χ1n) is 5.75. The van der Waals surface area contributed by atoms with Gasteiger partial charge in [0.25, 0.3) is 0 Å². The maximum Gasteiger partial charge on any atom is 0.148 e. The van der Waals surface area contributed by atoms with Crippen molar-refractivity contribution in [3.05, 3.63) is 47.4 Å². The summed E-state index contributed by atoms with van der Waals surface area (Å²) in [5.41, 5.74) is 1.30. The lowest BCUT2D eigenvalue weighted by Gasteiger charge is -2.12. The van der Waals surface area contributed by atoms with Crippen molar-refractivity contribution in [1.29, 1.82) is 0 Å². The third kappa shape index (κ3) is 2.68. The second-order valence-electron chi connectivity index (χ2n) is 4.21. The summed E-state index contributed by atoms with van der Waals surface area (Å²) in [6.45, 7) is 2.16. The highest BCUT2D eigenvalue weighted by atomic mass is 19.1. The lowest BCUT2D eigenvalue weighted by molar-refractivity contribution is 0.186. The van der Waals surface area contributed by atoms with E-state index in [0.29, 0.717) is 5.82 Å². The van der Waals surface area contributed by atoms with E-state index in [1.165, 1.54) is 6.07 Å². The van der Waals surface area contributed by atoms with Gasteiger partial charge in [0.2, 0.25) is 0 Å². The fourth-order valence-electron chi connectivity index (χ4n) is 1.70. The summed E-state index contributed by atoms with van der Waals surface area (Å²) in [7, 11) is 1.84. The van der Waals surface area contributed by atoms with E-state index >= 15 is 0 Å². The van der Waals surface area contributed by atoms with Crippen LogP contribution in [0.1, 0.15) is 17.4 Å². The standard InChI is InChI=1S/C13H16FN3O/c1-9-7-13(16-17(9)2)15-8-12(18)10-5-3-4-6-11(10)14/h3-7,12,18H,8H2,1-2H3,(H,15,16). The van der Waals surface area contributed by atoms with E-state index in [4.69, 9.17) is 0 Å². The Labute approximate surface area is 105 Å². The first-order valence-corrected chi connectivity index (χ1v) is 5.75. The molecule has 0 amide bonds. The second kappa shape index (κ2) is 5.18. The number of aliphatic hydroxyl groups is 1. The number of halogens is 1. The fraction of sp³-hybridized carbons (Fsp3) is 0.308. The van der Waals surface area contributed by atoms with Gasteiger partial charge >= 0.3 is 0 Å². The predicted octanol–water partition coefficient (Wildman–Crippen LogP) is 2.01. The molecule has 2 N–H and O–H groups in total. The molecule has 1 atom stereocenters. The molecule has 1 aromatic heterocycles. The van der Waals surface area contributed by atoms with Crippen molar-refractivity contribution < 1.29 is 9.50 Å². The van der Waals surface area contributed by atoms with Gasteiger partial charge in [-0.3, -0.25) is 4.68 Å². The number of anilines is 1. The molecule has 0 aliphatic rings. The van der Waals surface area contributed by atoms with Crippen LogP contribution in [0.3, 0.4) is 0 Å². The quantitative estimate of drug-likeness (QED) is 0.871. The van der Waals surface area contributed by atoms with Crippen LogP contribution in [0.15, 0.2) is 30.3 Å². The average Bonchev–Trinajstić information content (AvgIpc) is 2.66. The third-order valence-electron chi connectivity index (χ3n) is 2.85. The third-order valence-corrected chi connectivity index (χ3v) is 2.85. The molecule has 2 rings (SSSR count). The van der Waals surface area contributed by atoms with Crippen LogP contribution in [0, 0.1) is 12.7 Å².